The van der Waals surface area contributed by atoms with Gasteiger partial charge in [-0.1, -0.05) is 34.1 Å². The van der Waals surface area contributed by atoms with E-state index in [1.807, 2.05) is 0 Å². The minimum Gasteiger partial charge on any atom is -0.381 e. The molecule has 0 heterocycles. The fourth-order valence-corrected chi connectivity index (χ4v) is 1.99. The van der Waals surface area contributed by atoms with Gasteiger partial charge in [0.2, 0.25) is 0 Å². The Labute approximate surface area is 108 Å². The first-order valence-corrected chi connectivity index (χ1v) is 7.14. The average molecular weight is 244 g/mol. The van der Waals surface area contributed by atoms with Crippen molar-refractivity contribution in [2.45, 2.75) is 54.4 Å². The van der Waals surface area contributed by atoms with Crippen LogP contribution in [0, 0.1) is 17.3 Å². The van der Waals surface area contributed by atoms with Gasteiger partial charge in [-0.05, 0) is 32.1 Å². The Kier molecular flexibility index (Phi) is 8.89. The maximum atomic E-state index is 5.71. The minimum absolute atomic E-state index is 0.191. The molecule has 17 heavy (non-hydrogen) atoms. The summed E-state index contributed by atoms with van der Waals surface area (Å²) in [5.41, 5.74) is 0.191. The Balaban J connectivity index is 4.56. The third-order valence-corrected chi connectivity index (χ3v) is 3.63. The Hall–Kier alpha value is -0.0800. The summed E-state index contributed by atoms with van der Waals surface area (Å²) < 4.78 is 11.4. The zero-order valence-electron chi connectivity index (χ0n) is 12.7. The summed E-state index contributed by atoms with van der Waals surface area (Å²) in [5, 5.41) is 0. The summed E-state index contributed by atoms with van der Waals surface area (Å²) in [4.78, 5) is 0. The van der Waals surface area contributed by atoms with E-state index in [0.717, 1.165) is 32.3 Å². The zero-order chi connectivity index (χ0) is 13.3. The van der Waals surface area contributed by atoms with Gasteiger partial charge in [-0.15, -0.1) is 0 Å². The van der Waals surface area contributed by atoms with E-state index in [1.54, 1.807) is 0 Å². The highest BCUT2D eigenvalue weighted by atomic mass is 16.5. The SMILES string of the molecule is CCOCC(CCC(C)C)(COCC)C(C)C. The largest absolute Gasteiger partial charge is 0.381 e. The highest BCUT2D eigenvalue weighted by Gasteiger charge is 2.34. The van der Waals surface area contributed by atoms with E-state index in [4.69, 9.17) is 9.47 Å². The maximum absolute atomic E-state index is 5.71. The van der Waals surface area contributed by atoms with E-state index < -0.39 is 0 Å². The van der Waals surface area contributed by atoms with E-state index in [9.17, 15) is 0 Å². The van der Waals surface area contributed by atoms with Crippen molar-refractivity contribution in [1.29, 1.82) is 0 Å². The lowest BCUT2D eigenvalue weighted by molar-refractivity contribution is -0.0505. The molecule has 0 amide bonds. The highest BCUT2D eigenvalue weighted by molar-refractivity contribution is 4.83. The van der Waals surface area contributed by atoms with Crippen molar-refractivity contribution in [3.05, 3.63) is 0 Å². The molecule has 0 atom stereocenters. The number of hydrogen-bond donors (Lipinski definition) is 0. The normalized spacial score (nSPS) is 12.7. The molecule has 2 heteroatoms. The topological polar surface area (TPSA) is 18.5 Å². The van der Waals surface area contributed by atoms with Gasteiger partial charge in [0.1, 0.15) is 0 Å². The predicted octanol–water partition coefficient (Wildman–Crippen LogP) is 4.14. The second-order valence-electron chi connectivity index (χ2n) is 5.72. The lowest BCUT2D eigenvalue weighted by Crippen LogP contribution is -2.38. The van der Waals surface area contributed by atoms with Crippen molar-refractivity contribution in [3.8, 4) is 0 Å². The van der Waals surface area contributed by atoms with Crippen LogP contribution in [0.1, 0.15) is 54.4 Å². The second kappa shape index (κ2) is 8.93. The van der Waals surface area contributed by atoms with Crippen molar-refractivity contribution in [2.75, 3.05) is 26.4 Å². The number of hydrogen-bond acceptors (Lipinski definition) is 2. The summed E-state index contributed by atoms with van der Waals surface area (Å²) in [6.07, 6.45) is 2.45. The molecule has 2 nitrogen and oxygen atoms in total. The van der Waals surface area contributed by atoms with Crippen LogP contribution in [0.4, 0.5) is 0 Å². The van der Waals surface area contributed by atoms with E-state index in [0.29, 0.717) is 5.92 Å². The van der Waals surface area contributed by atoms with Crippen LogP contribution in [0.2, 0.25) is 0 Å². The Morgan fingerprint density at radius 1 is 0.882 bits per heavy atom. The number of ether oxygens (including phenoxy) is 2. The van der Waals surface area contributed by atoms with Gasteiger partial charge >= 0.3 is 0 Å². The molecule has 0 aromatic rings. The van der Waals surface area contributed by atoms with Gasteiger partial charge in [-0.25, -0.2) is 0 Å². The smallest absolute Gasteiger partial charge is 0.0546 e. The molecule has 0 unspecified atom stereocenters. The van der Waals surface area contributed by atoms with Crippen molar-refractivity contribution in [3.63, 3.8) is 0 Å². The molecular formula is C15H32O2. The van der Waals surface area contributed by atoms with Crippen LogP contribution in [-0.4, -0.2) is 26.4 Å². The summed E-state index contributed by atoms with van der Waals surface area (Å²) in [5.74, 6) is 1.34. The third-order valence-electron chi connectivity index (χ3n) is 3.63. The van der Waals surface area contributed by atoms with Crippen LogP contribution in [0.15, 0.2) is 0 Å². The van der Waals surface area contributed by atoms with Crippen LogP contribution in [0.3, 0.4) is 0 Å². The van der Waals surface area contributed by atoms with Crippen LogP contribution in [0.25, 0.3) is 0 Å². The van der Waals surface area contributed by atoms with Gasteiger partial charge in [0.25, 0.3) is 0 Å². The van der Waals surface area contributed by atoms with Crippen LogP contribution in [-0.2, 0) is 9.47 Å². The van der Waals surface area contributed by atoms with Gasteiger partial charge in [0.15, 0.2) is 0 Å². The molecule has 0 bridgehead atoms. The van der Waals surface area contributed by atoms with Crippen molar-refractivity contribution in [1.82, 2.24) is 0 Å². The Morgan fingerprint density at radius 2 is 1.35 bits per heavy atom. The Morgan fingerprint density at radius 3 is 1.65 bits per heavy atom. The monoisotopic (exact) mass is 244 g/mol. The minimum atomic E-state index is 0.191. The fourth-order valence-electron chi connectivity index (χ4n) is 1.99. The van der Waals surface area contributed by atoms with Gasteiger partial charge < -0.3 is 9.47 Å². The van der Waals surface area contributed by atoms with Gasteiger partial charge in [-0.3, -0.25) is 0 Å². The molecule has 0 rings (SSSR count). The molecule has 0 fully saturated rings. The van der Waals surface area contributed by atoms with Crippen LogP contribution >= 0.6 is 0 Å². The predicted molar refractivity (Wildman–Crippen MR) is 74.3 cm³/mol. The average Bonchev–Trinajstić information content (AvgIpc) is 2.28. The van der Waals surface area contributed by atoms with Gasteiger partial charge in [0, 0.05) is 18.6 Å². The molecule has 0 aromatic heterocycles. The van der Waals surface area contributed by atoms with Crippen molar-refractivity contribution >= 4 is 0 Å². The molecule has 0 spiro atoms. The van der Waals surface area contributed by atoms with E-state index >= 15 is 0 Å². The summed E-state index contributed by atoms with van der Waals surface area (Å²) in [7, 11) is 0. The highest BCUT2D eigenvalue weighted by Crippen LogP contribution is 2.35. The molecular weight excluding hydrogens is 212 g/mol. The molecule has 104 valence electrons. The van der Waals surface area contributed by atoms with Crippen LogP contribution in [0.5, 0.6) is 0 Å². The van der Waals surface area contributed by atoms with Crippen molar-refractivity contribution < 1.29 is 9.47 Å². The van der Waals surface area contributed by atoms with Gasteiger partial charge in [-0.2, -0.15) is 0 Å². The first-order chi connectivity index (χ1) is 7.98. The van der Waals surface area contributed by atoms with Gasteiger partial charge in [0.05, 0.1) is 13.2 Å². The lowest BCUT2D eigenvalue weighted by Gasteiger charge is -2.37. The summed E-state index contributed by atoms with van der Waals surface area (Å²) in [6.45, 7) is 16.5. The number of rotatable bonds is 10. The third kappa shape index (κ3) is 6.42. The van der Waals surface area contributed by atoms with E-state index in [-0.39, 0.29) is 5.41 Å². The zero-order valence-corrected chi connectivity index (χ0v) is 12.7. The lowest BCUT2D eigenvalue weighted by atomic mass is 9.74. The fraction of sp³-hybridized carbons (Fsp3) is 1.00. The molecule has 0 aliphatic carbocycles. The quantitative estimate of drug-likeness (QED) is 0.575. The van der Waals surface area contributed by atoms with Crippen LogP contribution < -0.4 is 0 Å². The first kappa shape index (κ1) is 16.9. The molecule has 0 saturated carbocycles. The van der Waals surface area contributed by atoms with E-state index in [2.05, 4.69) is 41.5 Å². The standard InChI is InChI=1S/C15H32O2/c1-7-16-11-15(14(5)6,12-17-8-2)10-9-13(3)4/h13-14H,7-12H2,1-6H3. The second-order valence-corrected chi connectivity index (χ2v) is 5.72. The molecule has 0 radical (unpaired) electrons. The van der Waals surface area contributed by atoms with Crippen molar-refractivity contribution in [2.24, 2.45) is 17.3 Å². The Bertz CT molecular complexity index is 168. The molecule has 0 aromatic carbocycles. The molecule has 0 aliphatic heterocycles. The maximum Gasteiger partial charge on any atom is 0.0546 e. The summed E-state index contributed by atoms with van der Waals surface area (Å²) >= 11 is 0. The molecule has 0 saturated heterocycles. The summed E-state index contributed by atoms with van der Waals surface area (Å²) in [6, 6.07) is 0. The first-order valence-electron chi connectivity index (χ1n) is 7.14. The molecule has 0 aliphatic rings. The molecule has 0 N–H and O–H groups in total. The van der Waals surface area contributed by atoms with E-state index in [1.165, 1.54) is 12.8 Å².